The first-order valence-electron chi connectivity index (χ1n) is 3.73. The molecule has 0 atom stereocenters. The average molecular weight is 268 g/mol. The number of aliphatic hydroxyl groups is 2. The van der Waals surface area contributed by atoms with Crippen molar-refractivity contribution in [2.45, 2.75) is 0 Å². The highest BCUT2D eigenvalue weighted by Crippen LogP contribution is 2.23. The summed E-state index contributed by atoms with van der Waals surface area (Å²) in [5.74, 6) is 0. The molecule has 0 amide bonds. The fourth-order valence-electron chi connectivity index (χ4n) is 0.871. The second kappa shape index (κ2) is 5.48. The first kappa shape index (κ1) is 10.8. The molecule has 0 aliphatic heterocycles. The number of nitrogens with zero attached hydrogens (tertiary/aromatic N) is 3. The normalized spacial score (nSPS) is 10.4. The summed E-state index contributed by atoms with van der Waals surface area (Å²) in [6, 6.07) is 0. The van der Waals surface area contributed by atoms with Crippen molar-refractivity contribution in [1.29, 1.82) is 0 Å². The van der Waals surface area contributed by atoms with E-state index in [0.717, 1.165) is 0 Å². The van der Waals surface area contributed by atoms with Gasteiger partial charge in [-0.25, -0.2) is 0 Å². The van der Waals surface area contributed by atoms with E-state index >= 15 is 0 Å². The Bertz CT molecular complexity index is 252. The van der Waals surface area contributed by atoms with Gasteiger partial charge in [0.25, 0.3) is 0 Å². The summed E-state index contributed by atoms with van der Waals surface area (Å²) in [4.78, 5) is 1.78. The van der Waals surface area contributed by atoms with Crippen LogP contribution in [0.4, 0.5) is 5.13 Å². The molecule has 7 heteroatoms. The molecule has 1 heterocycles. The lowest BCUT2D eigenvalue weighted by Crippen LogP contribution is -2.29. The van der Waals surface area contributed by atoms with Crippen LogP contribution in [0.2, 0.25) is 0 Å². The Kier molecular flexibility index (Phi) is 4.57. The minimum absolute atomic E-state index is 0.0389. The van der Waals surface area contributed by atoms with E-state index in [4.69, 9.17) is 10.2 Å². The molecule has 5 nitrogen and oxygen atoms in total. The molecule has 0 fully saturated rings. The van der Waals surface area contributed by atoms with Gasteiger partial charge in [0.15, 0.2) is 3.92 Å². The van der Waals surface area contributed by atoms with Gasteiger partial charge in [-0.05, 0) is 15.9 Å². The summed E-state index contributed by atoms with van der Waals surface area (Å²) in [5.41, 5.74) is 0. The number of aliphatic hydroxyl groups excluding tert-OH is 2. The third-order valence-corrected chi connectivity index (χ3v) is 2.82. The van der Waals surface area contributed by atoms with Crippen LogP contribution < -0.4 is 4.90 Å². The average Bonchev–Trinajstić information content (AvgIpc) is 2.51. The summed E-state index contributed by atoms with van der Waals surface area (Å²) in [7, 11) is 0. The highest BCUT2D eigenvalue weighted by Gasteiger charge is 2.10. The summed E-state index contributed by atoms with van der Waals surface area (Å²) in [6.07, 6.45) is 0. The van der Waals surface area contributed by atoms with Crippen molar-refractivity contribution in [3.05, 3.63) is 3.92 Å². The molecule has 13 heavy (non-hydrogen) atoms. The van der Waals surface area contributed by atoms with Crippen molar-refractivity contribution in [1.82, 2.24) is 10.2 Å². The maximum absolute atomic E-state index is 8.75. The van der Waals surface area contributed by atoms with Crippen molar-refractivity contribution in [2.24, 2.45) is 0 Å². The van der Waals surface area contributed by atoms with E-state index in [0.29, 0.717) is 22.1 Å². The SMILES string of the molecule is OCCN(CCO)c1nnc(Br)s1. The topological polar surface area (TPSA) is 69.5 Å². The molecule has 0 unspecified atom stereocenters. The van der Waals surface area contributed by atoms with E-state index in [2.05, 4.69) is 26.1 Å². The molecular weight excluding hydrogens is 258 g/mol. The minimum Gasteiger partial charge on any atom is -0.395 e. The van der Waals surface area contributed by atoms with E-state index in [1.165, 1.54) is 11.3 Å². The van der Waals surface area contributed by atoms with Gasteiger partial charge in [-0.15, -0.1) is 10.2 Å². The third-order valence-electron chi connectivity index (χ3n) is 1.40. The van der Waals surface area contributed by atoms with Gasteiger partial charge in [-0.2, -0.15) is 0 Å². The molecule has 2 N–H and O–H groups in total. The fourth-order valence-corrected chi connectivity index (χ4v) is 2.01. The van der Waals surface area contributed by atoms with E-state index in [1.807, 2.05) is 0 Å². The van der Waals surface area contributed by atoms with Crippen LogP contribution in [0.15, 0.2) is 3.92 Å². The van der Waals surface area contributed by atoms with Gasteiger partial charge < -0.3 is 15.1 Å². The van der Waals surface area contributed by atoms with Gasteiger partial charge in [0.05, 0.1) is 13.2 Å². The number of rotatable bonds is 5. The first-order valence-corrected chi connectivity index (χ1v) is 5.34. The van der Waals surface area contributed by atoms with Gasteiger partial charge >= 0.3 is 0 Å². The summed E-state index contributed by atoms with van der Waals surface area (Å²) in [5, 5.41) is 25.9. The van der Waals surface area contributed by atoms with E-state index in [9.17, 15) is 0 Å². The Labute approximate surface area is 88.2 Å². The predicted molar refractivity (Wildman–Crippen MR) is 54.0 cm³/mol. The van der Waals surface area contributed by atoms with Crippen LogP contribution in [0.1, 0.15) is 0 Å². The third kappa shape index (κ3) is 3.18. The second-order valence-electron chi connectivity index (χ2n) is 2.27. The molecule has 0 bridgehead atoms. The Morgan fingerprint density at radius 2 is 1.85 bits per heavy atom. The number of hydrogen-bond acceptors (Lipinski definition) is 6. The van der Waals surface area contributed by atoms with Gasteiger partial charge in [-0.3, -0.25) is 0 Å². The lowest BCUT2D eigenvalue weighted by molar-refractivity contribution is 0.281. The van der Waals surface area contributed by atoms with Gasteiger partial charge in [-0.1, -0.05) is 11.3 Å². The Morgan fingerprint density at radius 1 is 1.23 bits per heavy atom. The molecule has 0 radical (unpaired) electrons. The number of halogens is 1. The number of hydrogen-bond donors (Lipinski definition) is 2. The summed E-state index contributed by atoms with van der Waals surface area (Å²) >= 11 is 4.57. The molecule has 1 rings (SSSR count). The quantitative estimate of drug-likeness (QED) is 0.792. The highest BCUT2D eigenvalue weighted by molar-refractivity contribution is 9.11. The van der Waals surface area contributed by atoms with Crippen LogP contribution in [-0.4, -0.2) is 46.7 Å². The van der Waals surface area contributed by atoms with E-state index in [-0.39, 0.29) is 13.2 Å². The number of anilines is 1. The van der Waals surface area contributed by atoms with Crippen molar-refractivity contribution in [3.63, 3.8) is 0 Å². The fraction of sp³-hybridized carbons (Fsp3) is 0.667. The summed E-state index contributed by atoms with van der Waals surface area (Å²) in [6.45, 7) is 0.999. The zero-order valence-corrected chi connectivity index (χ0v) is 9.25. The van der Waals surface area contributed by atoms with Gasteiger partial charge in [0, 0.05) is 13.1 Å². The molecule has 0 aromatic carbocycles. The Morgan fingerprint density at radius 3 is 2.23 bits per heavy atom. The molecule has 0 saturated heterocycles. The maximum atomic E-state index is 8.75. The standard InChI is InChI=1S/C6H10BrN3O2S/c7-5-8-9-6(13-5)10(1-3-11)2-4-12/h11-12H,1-4H2. The Balaban J connectivity index is 2.63. The minimum atomic E-state index is 0.0389. The van der Waals surface area contributed by atoms with Crippen molar-refractivity contribution in [3.8, 4) is 0 Å². The highest BCUT2D eigenvalue weighted by atomic mass is 79.9. The molecule has 0 aliphatic carbocycles. The molecule has 0 saturated carbocycles. The van der Waals surface area contributed by atoms with Gasteiger partial charge in [0.2, 0.25) is 5.13 Å². The maximum Gasteiger partial charge on any atom is 0.209 e. The van der Waals surface area contributed by atoms with Crippen LogP contribution in [0.25, 0.3) is 0 Å². The lowest BCUT2D eigenvalue weighted by Gasteiger charge is -2.18. The molecular formula is C6H10BrN3O2S. The second-order valence-corrected chi connectivity index (χ2v) is 4.50. The van der Waals surface area contributed by atoms with E-state index in [1.54, 1.807) is 4.90 Å². The summed E-state index contributed by atoms with van der Waals surface area (Å²) < 4.78 is 0.698. The predicted octanol–water partition coefficient (Wildman–Crippen LogP) is 0.0916. The van der Waals surface area contributed by atoms with Gasteiger partial charge in [0.1, 0.15) is 0 Å². The molecule has 1 aromatic heterocycles. The van der Waals surface area contributed by atoms with Crippen molar-refractivity contribution in [2.75, 3.05) is 31.2 Å². The van der Waals surface area contributed by atoms with Crippen molar-refractivity contribution < 1.29 is 10.2 Å². The largest absolute Gasteiger partial charge is 0.395 e. The van der Waals surface area contributed by atoms with Crippen LogP contribution >= 0.6 is 27.3 Å². The van der Waals surface area contributed by atoms with Crippen LogP contribution in [0, 0.1) is 0 Å². The first-order chi connectivity index (χ1) is 6.27. The molecule has 0 aliphatic rings. The monoisotopic (exact) mass is 267 g/mol. The smallest absolute Gasteiger partial charge is 0.209 e. The van der Waals surface area contributed by atoms with E-state index < -0.39 is 0 Å². The molecule has 0 spiro atoms. The lowest BCUT2D eigenvalue weighted by atomic mass is 10.5. The zero-order valence-electron chi connectivity index (χ0n) is 6.85. The van der Waals surface area contributed by atoms with Crippen LogP contribution in [0.5, 0.6) is 0 Å². The van der Waals surface area contributed by atoms with Crippen LogP contribution in [-0.2, 0) is 0 Å². The Hall–Kier alpha value is -0.240. The van der Waals surface area contributed by atoms with Crippen LogP contribution in [0.3, 0.4) is 0 Å². The van der Waals surface area contributed by atoms with Crippen molar-refractivity contribution >= 4 is 32.4 Å². The molecule has 74 valence electrons. The number of aromatic nitrogens is 2. The zero-order chi connectivity index (χ0) is 9.68. The molecule has 1 aromatic rings.